The minimum atomic E-state index is -0.239. The summed E-state index contributed by atoms with van der Waals surface area (Å²) in [7, 11) is 0. The summed E-state index contributed by atoms with van der Waals surface area (Å²) in [4.78, 5) is 24.8. The summed E-state index contributed by atoms with van der Waals surface area (Å²) in [6.07, 6.45) is 2.18. The Labute approximate surface area is 147 Å². The number of nitrogens with one attached hydrogen (secondary N) is 1. The molecule has 0 unspecified atom stereocenters. The van der Waals surface area contributed by atoms with Gasteiger partial charge in [-0.1, -0.05) is 12.1 Å². The number of hydrogen-bond donors (Lipinski definition) is 1. The zero-order valence-corrected chi connectivity index (χ0v) is 14.3. The van der Waals surface area contributed by atoms with Crippen molar-refractivity contribution in [3.8, 4) is 11.4 Å². The standard InChI is InChI=1S/C17H15N5O2S/c1-10(23)14-7-8-15(25-14)17(24)18-12-4-2-3-11(9-12)16-19-20-21-22(16)13-5-6-13/h2-4,7-9,13H,5-6H2,1H3,(H,18,24). The van der Waals surface area contributed by atoms with Crippen LogP contribution in [0.4, 0.5) is 5.69 Å². The smallest absolute Gasteiger partial charge is 0.265 e. The van der Waals surface area contributed by atoms with Crippen LogP contribution in [0.5, 0.6) is 0 Å². The number of carbonyl (C=O) groups is 2. The summed E-state index contributed by atoms with van der Waals surface area (Å²) in [5, 5.41) is 14.8. The molecule has 0 bridgehead atoms. The first-order valence-corrected chi connectivity index (χ1v) is 8.74. The molecule has 0 spiro atoms. The third-order valence-corrected chi connectivity index (χ3v) is 5.13. The first-order chi connectivity index (χ1) is 12.1. The normalized spacial score (nSPS) is 13.6. The fourth-order valence-electron chi connectivity index (χ4n) is 2.53. The van der Waals surface area contributed by atoms with Gasteiger partial charge in [0.05, 0.1) is 15.8 Å². The zero-order valence-electron chi connectivity index (χ0n) is 13.5. The molecule has 126 valence electrons. The van der Waals surface area contributed by atoms with Crippen LogP contribution in [0.3, 0.4) is 0 Å². The second-order valence-electron chi connectivity index (χ2n) is 5.93. The van der Waals surface area contributed by atoms with Crippen molar-refractivity contribution in [1.82, 2.24) is 20.2 Å². The van der Waals surface area contributed by atoms with Crippen LogP contribution in [0.2, 0.25) is 0 Å². The molecular weight excluding hydrogens is 338 g/mol. The highest BCUT2D eigenvalue weighted by Crippen LogP contribution is 2.36. The average Bonchev–Trinajstić information content (AvgIpc) is 3.13. The number of rotatable bonds is 5. The Morgan fingerprint density at radius 3 is 2.72 bits per heavy atom. The molecule has 2 heterocycles. The highest BCUT2D eigenvalue weighted by Gasteiger charge is 2.28. The Balaban J connectivity index is 1.55. The molecule has 3 aromatic rings. The van der Waals surface area contributed by atoms with Gasteiger partial charge in [-0.2, -0.15) is 0 Å². The van der Waals surface area contributed by atoms with E-state index >= 15 is 0 Å². The van der Waals surface area contributed by atoms with E-state index in [1.165, 1.54) is 18.3 Å². The van der Waals surface area contributed by atoms with Gasteiger partial charge < -0.3 is 5.32 Å². The highest BCUT2D eigenvalue weighted by molar-refractivity contribution is 7.16. The number of tetrazole rings is 1. The number of Topliss-reactive ketones (excluding diaryl/α,β-unsaturated/α-hetero) is 1. The van der Waals surface area contributed by atoms with E-state index in [0.717, 1.165) is 18.4 Å². The van der Waals surface area contributed by atoms with Crippen molar-refractivity contribution in [2.24, 2.45) is 0 Å². The minimum Gasteiger partial charge on any atom is -0.321 e. The van der Waals surface area contributed by atoms with Crippen LogP contribution >= 0.6 is 11.3 Å². The third-order valence-electron chi connectivity index (χ3n) is 3.94. The zero-order chi connectivity index (χ0) is 17.4. The van der Waals surface area contributed by atoms with Gasteiger partial charge in [0.1, 0.15) is 0 Å². The molecule has 1 saturated carbocycles. The lowest BCUT2D eigenvalue weighted by molar-refractivity contribution is 0.101. The molecule has 1 aliphatic carbocycles. The van der Waals surface area contributed by atoms with Crippen molar-refractivity contribution in [3.63, 3.8) is 0 Å². The maximum absolute atomic E-state index is 12.4. The lowest BCUT2D eigenvalue weighted by Crippen LogP contribution is -2.10. The topological polar surface area (TPSA) is 89.8 Å². The first kappa shape index (κ1) is 15.6. The maximum Gasteiger partial charge on any atom is 0.265 e. The largest absolute Gasteiger partial charge is 0.321 e. The van der Waals surface area contributed by atoms with Crippen LogP contribution in [-0.4, -0.2) is 31.9 Å². The van der Waals surface area contributed by atoms with Crippen LogP contribution < -0.4 is 5.32 Å². The Morgan fingerprint density at radius 1 is 1.20 bits per heavy atom. The molecule has 0 radical (unpaired) electrons. The first-order valence-electron chi connectivity index (χ1n) is 7.92. The van der Waals surface area contributed by atoms with E-state index in [9.17, 15) is 9.59 Å². The van der Waals surface area contributed by atoms with Gasteiger partial charge in [-0.15, -0.1) is 16.4 Å². The summed E-state index contributed by atoms with van der Waals surface area (Å²) in [6, 6.07) is 11.1. The Kier molecular flexibility index (Phi) is 3.89. The molecular formula is C17H15N5O2S. The molecule has 1 aliphatic rings. The van der Waals surface area contributed by atoms with E-state index in [0.29, 0.717) is 27.3 Å². The number of nitrogens with zero attached hydrogens (tertiary/aromatic N) is 4. The Morgan fingerprint density at radius 2 is 2.00 bits per heavy atom. The monoisotopic (exact) mass is 353 g/mol. The van der Waals surface area contributed by atoms with Crippen molar-refractivity contribution in [1.29, 1.82) is 0 Å². The number of hydrogen-bond acceptors (Lipinski definition) is 6. The molecule has 0 saturated heterocycles. The fourth-order valence-corrected chi connectivity index (χ4v) is 3.32. The number of anilines is 1. The summed E-state index contributed by atoms with van der Waals surface area (Å²) in [5.41, 5.74) is 1.51. The van der Waals surface area contributed by atoms with Gasteiger partial charge in [0, 0.05) is 11.3 Å². The number of aromatic nitrogens is 4. The van der Waals surface area contributed by atoms with E-state index < -0.39 is 0 Å². The summed E-state index contributed by atoms with van der Waals surface area (Å²) in [5.74, 6) is 0.419. The van der Waals surface area contributed by atoms with E-state index in [2.05, 4.69) is 20.8 Å². The minimum absolute atomic E-state index is 0.0436. The SMILES string of the molecule is CC(=O)c1ccc(C(=O)Nc2cccc(-c3nnnn3C3CC3)c2)s1. The molecule has 2 aromatic heterocycles. The number of benzene rings is 1. The van der Waals surface area contributed by atoms with E-state index in [4.69, 9.17) is 0 Å². The van der Waals surface area contributed by atoms with Crippen molar-refractivity contribution < 1.29 is 9.59 Å². The lowest BCUT2D eigenvalue weighted by Gasteiger charge is -2.07. The second-order valence-corrected chi connectivity index (χ2v) is 7.02. The third kappa shape index (κ3) is 3.20. The van der Waals surface area contributed by atoms with E-state index in [1.54, 1.807) is 12.1 Å². The van der Waals surface area contributed by atoms with E-state index in [-0.39, 0.29) is 11.7 Å². The number of carbonyl (C=O) groups excluding carboxylic acids is 2. The number of thiophene rings is 1. The predicted octanol–water partition coefficient (Wildman–Crippen LogP) is 3.19. The van der Waals surface area contributed by atoms with Gasteiger partial charge >= 0.3 is 0 Å². The molecule has 25 heavy (non-hydrogen) atoms. The van der Waals surface area contributed by atoms with Crippen molar-refractivity contribution in [2.75, 3.05) is 5.32 Å². The fraction of sp³-hybridized carbons (Fsp3) is 0.235. The van der Waals surface area contributed by atoms with Crippen LogP contribution in [0.1, 0.15) is 45.2 Å². The van der Waals surface area contributed by atoms with Crippen LogP contribution in [0.15, 0.2) is 36.4 Å². The van der Waals surface area contributed by atoms with Gasteiger partial charge in [-0.3, -0.25) is 9.59 Å². The quantitative estimate of drug-likeness (QED) is 0.712. The summed E-state index contributed by atoms with van der Waals surface area (Å²) in [6.45, 7) is 1.49. The predicted molar refractivity (Wildman–Crippen MR) is 93.8 cm³/mol. The maximum atomic E-state index is 12.4. The molecule has 0 atom stereocenters. The molecule has 1 fully saturated rings. The van der Waals surface area contributed by atoms with Crippen molar-refractivity contribution in [3.05, 3.63) is 46.2 Å². The van der Waals surface area contributed by atoms with Gasteiger partial charge in [0.2, 0.25) is 0 Å². The van der Waals surface area contributed by atoms with Gasteiger partial charge in [-0.05, 0) is 54.5 Å². The molecule has 8 heteroatoms. The van der Waals surface area contributed by atoms with Crippen molar-refractivity contribution >= 4 is 28.7 Å². The summed E-state index contributed by atoms with van der Waals surface area (Å²) >= 11 is 1.19. The molecule has 4 rings (SSSR count). The highest BCUT2D eigenvalue weighted by atomic mass is 32.1. The molecule has 1 aromatic carbocycles. The van der Waals surface area contributed by atoms with Gasteiger partial charge in [0.15, 0.2) is 11.6 Å². The molecule has 0 aliphatic heterocycles. The molecule has 7 nitrogen and oxygen atoms in total. The average molecular weight is 353 g/mol. The number of amides is 1. The van der Waals surface area contributed by atoms with Crippen LogP contribution in [0.25, 0.3) is 11.4 Å². The Hall–Kier alpha value is -2.87. The summed E-state index contributed by atoms with van der Waals surface area (Å²) < 4.78 is 1.83. The van der Waals surface area contributed by atoms with E-state index in [1.807, 2.05) is 28.9 Å². The molecule has 1 N–H and O–H groups in total. The Bertz CT molecular complexity index is 957. The molecule has 1 amide bonds. The number of ketones is 1. The van der Waals surface area contributed by atoms with Gasteiger partial charge in [-0.25, -0.2) is 4.68 Å². The van der Waals surface area contributed by atoms with Crippen LogP contribution in [-0.2, 0) is 0 Å². The van der Waals surface area contributed by atoms with Crippen molar-refractivity contribution in [2.45, 2.75) is 25.8 Å². The second kappa shape index (κ2) is 6.21. The van der Waals surface area contributed by atoms with Crippen LogP contribution in [0, 0.1) is 0 Å². The van der Waals surface area contributed by atoms with Gasteiger partial charge in [0.25, 0.3) is 5.91 Å². The lowest BCUT2D eigenvalue weighted by atomic mass is 10.2.